The largest absolute Gasteiger partial charge is 0.345 e. The molecule has 2 aromatic carbocycles. The predicted octanol–water partition coefficient (Wildman–Crippen LogP) is 3.73. The number of rotatable bonds is 5. The van der Waals surface area contributed by atoms with E-state index in [9.17, 15) is 18.0 Å². The smallest absolute Gasteiger partial charge is 0.253 e. The van der Waals surface area contributed by atoms with Crippen LogP contribution < -0.4 is 5.32 Å². The molecule has 0 atom stereocenters. The van der Waals surface area contributed by atoms with Crippen LogP contribution in [0.2, 0.25) is 0 Å². The summed E-state index contributed by atoms with van der Waals surface area (Å²) in [6.07, 6.45) is 1.92. The van der Waals surface area contributed by atoms with E-state index in [2.05, 4.69) is 5.32 Å². The van der Waals surface area contributed by atoms with Gasteiger partial charge in [-0.1, -0.05) is 31.0 Å². The predicted molar refractivity (Wildman–Crippen MR) is 117 cm³/mol. The van der Waals surface area contributed by atoms with Crippen LogP contribution in [-0.2, 0) is 14.6 Å². The Labute approximate surface area is 178 Å². The SMILES string of the molecule is Cc1ccc(C)c(S(=O)(=O)C2(C(=O)Nc3cccc(C(=O)N(C)C)c3)CCCC2)c1. The highest BCUT2D eigenvalue weighted by Crippen LogP contribution is 2.42. The van der Waals surface area contributed by atoms with Crippen molar-refractivity contribution < 1.29 is 18.0 Å². The van der Waals surface area contributed by atoms with E-state index in [1.807, 2.05) is 13.0 Å². The lowest BCUT2D eigenvalue weighted by molar-refractivity contribution is -0.118. The summed E-state index contributed by atoms with van der Waals surface area (Å²) in [5, 5.41) is 2.78. The number of hydrogen-bond acceptors (Lipinski definition) is 4. The Morgan fingerprint density at radius 3 is 2.30 bits per heavy atom. The molecule has 1 aliphatic rings. The molecule has 2 amide bonds. The fourth-order valence-electron chi connectivity index (χ4n) is 4.00. The van der Waals surface area contributed by atoms with E-state index in [-0.39, 0.29) is 23.6 Å². The topological polar surface area (TPSA) is 83.5 Å². The van der Waals surface area contributed by atoms with Gasteiger partial charge < -0.3 is 10.2 Å². The van der Waals surface area contributed by atoms with Gasteiger partial charge in [-0.2, -0.15) is 0 Å². The van der Waals surface area contributed by atoms with Crippen molar-refractivity contribution in [1.82, 2.24) is 4.90 Å². The number of sulfone groups is 1. The maximum atomic E-state index is 13.7. The van der Waals surface area contributed by atoms with Crippen molar-refractivity contribution in [1.29, 1.82) is 0 Å². The summed E-state index contributed by atoms with van der Waals surface area (Å²) >= 11 is 0. The number of amides is 2. The Morgan fingerprint density at radius 2 is 1.67 bits per heavy atom. The molecule has 7 heteroatoms. The van der Waals surface area contributed by atoms with Gasteiger partial charge in [-0.15, -0.1) is 0 Å². The van der Waals surface area contributed by atoms with Gasteiger partial charge in [-0.05, 0) is 62.1 Å². The van der Waals surface area contributed by atoms with Gasteiger partial charge in [-0.25, -0.2) is 8.42 Å². The van der Waals surface area contributed by atoms with E-state index < -0.39 is 20.5 Å². The molecule has 30 heavy (non-hydrogen) atoms. The van der Waals surface area contributed by atoms with Gasteiger partial charge in [0.2, 0.25) is 5.91 Å². The zero-order chi connectivity index (χ0) is 22.1. The van der Waals surface area contributed by atoms with Crippen LogP contribution in [0.5, 0.6) is 0 Å². The Morgan fingerprint density at radius 1 is 1.00 bits per heavy atom. The van der Waals surface area contributed by atoms with E-state index in [0.29, 0.717) is 29.7 Å². The summed E-state index contributed by atoms with van der Waals surface area (Å²) in [6.45, 7) is 3.59. The molecule has 0 saturated heterocycles. The Hall–Kier alpha value is -2.67. The van der Waals surface area contributed by atoms with Gasteiger partial charge in [-0.3, -0.25) is 9.59 Å². The van der Waals surface area contributed by atoms with Gasteiger partial charge >= 0.3 is 0 Å². The highest BCUT2D eigenvalue weighted by atomic mass is 32.2. The molecule has 1 aliphatic carbocycles. The van der Waals surface area contributed by atoms with Crippen LogP contribution in [0.25, 0.3) is 0 Å². The van der Waals surface area contributed by atoms with Crippen molar-refractivity contribution in [2.24, 2.45) is 0 Å². The molecule has 0 bridgehead atoms. The van der Waals surface area contributed by atoms with E-state index in [1.165, 1.54) is 4.90 Å². The Bertz CT molecular complexity index is 1080. The molecule has 1 saturated carbocycles. The van der Waals surface area contributed by atoms with Crippen molar-refractivity contribution >= 4 is 27.3 Å². The van der Waals surface area contributed by atoms with Crippen LogP contribution in [0.3, 0.4) is 0 Å². The summed E-state index contributed by atoms with van der Waals surface area (Å²) in [5.74, 6) is -0.722. The first-order valence-corrected chi connectivity index (χ1v) is 11.5. The molecule has 0 aliphatic heterocycles. The number of carbonyl (C=O) groups is 2. The highest BCUT2D eigenvalue weighted by molar-refractivity contribution is 7.93. The third-order valence-corrected chi connectivity index (χ3v) is 8.39. The third-order valence-electron chi connectivity index (χ3n) is 5.75. The number of nitrogens with zero attached hydrogens (tertiary/aromatic N) is 1. The number of benzene rings is 2. The first kappa shape index (κ1) is 22.0. The van der Waals surface area contributed by atoms with Gasteiger partial charge in [0.15, 0.2) is 14.6 Å². The second kappa shape index (κ2) is 8.22. The molecule has 0 aromatic heterocycles. The second-order valence-electron chi connectivity index (χ2n) is 8.21. The molecule has 2 aromatic rings. The van der Waals surface area contributed by atoms with E-state index in [1.54, 1.807) is 57.4 Å². The van der Waals surface area contributed by atoms with Gasteiger partial charge in [0.25, 0.3) is 5.91 Å². The monoisotopic (exact) mass is 428 g/mol. The maximum absolute atomic E-state index is 13.7. The lowest BCUT2D eigenvalue weighted by atomic mass is 10.1. The van der Waals surface area contributed by atoms with Crippen molar-refractivity contribution in [2.45, 2.75) is 49.2 Å². The van der Waals surface area contributed by atoms with E-state index in [0.717, 1.165) is 5.56 Å². The van der Waals surface area contributed by atoms with Gasteiger partial charge in [0, 0.05) is 25.3 Å². The highest BCUT2D eigenvalue weighted by Gasteiger charge is 2.53. The zero-order valence-corrected chi connectivity index (χ0v) is 18.7. The molecular formula is C23H28N2O4S. The standard InChI is InChI=1S/C23H28N2O4S/c1-16-10-11-17(2)20(14-16)30(28,29)23(12-5-6-13-23)22(27)24-19-9-7-8-18(15-19)21(26)25(3)4/h7-11,14-15H,5-6,12-13H2,1-4H3,(H,24,27). The van der Waals surface area contributed by atoms with Crippen LogP contribution >= 0.6 is 0 Å². The summed E-state index contributed by atoms with van der Waals surface area (Å²) in [5.41, 5.74) is 2.31. The molecular weight excluding hydrogens is 400 g/mol. The van der Waals surface area contributed by atoms with Crippen LogP contribution in [0.4, 0.5) is 5.69 Å². The van der Waals surface area contributed by atoms with E-state index >= 15 is 0 Å². The third kappa shape index (κ3) is 3.86. The minimum Gasteiger partial charge on any atom is -0.345 e. The number of hydrogen-bond donors (Lipinski definition) is 1. The molecule has 0 radical (unpaired) electrons. The average molecular weight is 429 g/mol. The van der Waals surface area contributed by atoms with Crippen molar-refractivity contribution in [3.05, 3.63) is 59.2 Å². The molecule has 3 rings (SSSR count). The zero-order valence-electron chi connectivity index (χ0n) is 17.9. The van der Waals surface area contributed by atoms with E-state index in [4.69, 9.17) is 0 Å². The molecule has 0 heterocycles. The van der Waals surface area contributed by atoms with Crippen molar-refractivity contribution in [2.75, 3.05) is 19.4 Å². The van der Waals surface area contributed by atoms with Crippen LogP contribution in [0.1, 0.15) is 47.2 Å². The molecule has 160 valence electrons. The van der Waals surface area contributed by atoms with Crippen LogP contribution in [0.15, 0.2) is 47.4 Å². The molecule has 1 fully saturated rings. The number of anilines is 1. The van der Waals surface area contributed by atoms with Crippen molar-refractivity contribution in [3.8, 4) is 0 Å². The second-order valence-corrected chi connectivity index (χ2v) is 10.4. The van der Waals surface area contributed by atoms with Crippen molar-refractivity contribution in [3.63, 3.8) is 0 Å². The fourth-order valence-corrected chi connectivity index (χ4v) is 6.38. The lowest BCUT2D eigenvalue weighted by Gasteiger charge is -2.28. The first-order chi connectivity index (χ1) is 14.1. The van der Waals surface area contributed by atoms with Crippen LogP contribution in [-0.4, -0.2) is 44.0 Å². The molecule has 6 nitrogen and oxygen atoms in total. The average Bonchev–Trinajstić information content (AvgIpc) is 3.21. The Kier molecular flexibility index (Phi) is 6.04. The summed E-state index contributed by atoms with van der Waals surface area (Å²) in [7, 11) is -0.599. The number of aryl methyl sites for hydroxylation is 2. The Balaban J connectivity index is 1.99. The quantitative estimate of drug-likeness (QED) is 0.787. The lowest BCUT2D eigenvalue weighted by Crippen LogP contribution is -2.47. The minimum absolute atomic E-state index is 0.190. The molecule has 0 spiro atoms. The minimum atomic E-state index is -3.90. The number of carbonyl (C=O) groups excluding carboxylic acids is 2. The summed E-state index contributed by atoms with van der Waals surface area (Å²) in [4.78, 5) is 27.3. The molecule has 0 unspecified atom stereocenters. The number of nitrogens with one attached hydrogen (secondary N) is 1. The van der Waals surface area contributed by atoms with Crippen LogP contribution in [0, 0.1) is 13.8 Å². The summed E-state index contributed by atoms with van der Waals surface area (Å²) in [6, 6.07) is 11.9. The normalized spacial score (nSPS) is 15.6. The molecule has 1 N–H and O–H groups in total. The fraction of sp³-hybridized carbons (Fsp3) is 0.391. The van der Waals surface area contributed by atoms with Gasteiger partial charge in [0.1, 0.15) is 0 Å². The summed E-state index contributed by atoms with van der Waals surface area (Å²) < 4.78 is 25.9. The maximum Gasteiger partial charge on any atom is 0.253 e. The van der Waals surface area contributed by atoms with Gasteiger partial charge in [0.05, 0.1) is 4.90 Å². The first-order valence-electron chi connectivity index (χ1n) is 10.0.